The highest BCUT2D eigenvalue weighted by atomic mass is 35.5. The van der Waals surface area contributed by atoms with E-state index in [1.807, 2.05) is 34.6 Å². The average Bonchev–Trinajstić information content (AvgIpc) is 2.59. The molecule has 156 valence electrons. The van der Waals surface area contributed by atoms with E-state index in [0.717, 1.165) is 18.4 Å². The van der Waals surface area contributed by atoms with Crippen LogP contribution >= 0.6 is 23.2 Å². The maximum Gasteiger partial charge on any atom is 0.410 e. The summed E-state index contributed by atoms with van der Waals surface area (Å²) in [5.41, 5.74) is 0.186. The van der Waals surface area contributed by atoms with Gasteiger partial charge in [0.1, 0.15) is 5.60 Å². The molecule has 1 heterocycles. The minimum Gasteiger partial charge on any atom is -0.444 e. The van der Waals surface area contributed by atoms with E-state index in [-0.39, 0.29) is 24.0 Å². The van der Waals surface area contributed by atoms with E-state index in [1.165, 1.54) is 0 Å². The Hall–Kier alpha value is -1.46. The lowest BCUT2D eigenvalue weighted by atomic mass is 9.96. The van der Waals surface area contributed by atoms with Crippen LogP contribution in [0.2, 0.25) is 10.0 Å². The Morgan fingerprint density at radius 2 is 1.86 bits per heavy atom. The Bertz CT molecular complexity index is 696. The quantitative estimate of drug-likeness (QED) is 0.646. The SMILES string of the molecule is CC(C)N(Cc1c(Cl)cccc1Cl)C(=O)C1CCCN(C(=O)OC(C)(C)C)C1. The van der Waals surface area contributed by atoms with Gasteiger partial charge in [0, 0.05) is 41.3 Å². The van der Waals surface area contributed by atoms with Crippen LogP contribution in [0.1, 0.15) is 53.0 Å². The van der Waals surface area contributed by atoms with Crippen molar-refractivity contribution in [2.75, 3.05) is 13.1 Å². The molecule has 1 saturated heterocycles. The number of rotatable bonds is 4. The van der Waals surface area contributed by atoms with Crippen LogP contribution in [0.5, 0.6) is 0 Å². The predicted molar refractivity (Wildman–Crippen MR) is 113 cm³/mol. The third-order valence-corrected chi connectivity index (χ3v) is 5.43. The first-order valence-electron chi connectivity index (χ1n) is 9.71. The van der Waals surface area contributed by atoms with E-state index >= 15 is 0 Å². The van der Waals surface area contributed by atoms with Crippen LogP contribution in [0.15, 0.2) is 18.2 Å². The first-order valence-corrected chi connectivity index (χ1v) is 10.5. The maximum absolute atomic E-state index is 13.3. The van der Waals surface area contributed by atoms with Crippen molar-refractivity contribution < 1.29 is 14.3 Å². The van der Waals surface area contributed by atoms with Crippen LogP contribution in [0.4, 0.5) is 4.79 Å². The van der Waals surface area contributed by atoms with Gasteiger partial charge < -0.3 is 14.5 Å². The lowest BCUT2D eigenvalue weighted by Crippen LogP contribution is -2.49. The predicted octanol–water partition coefficient (Wildman–Crippen LogP) is 5.38. The second kappa shape index (κ2) is 9.36. The van der Waals surface area contributed by atoms with Crippen molar-refractivity contribution in [3.8, 4) is 0 Å². The van der Waals surface area contributed by atoms with Crippen molar-refractivity contribution in [1.29, 1.82) is 0 Å². The third kappa shape index (κ3) is 6.02. The summed E-state index contributed by atoms with van der Waals surface area (Å²) in [6, 6.07) is 5.32. The summed E-state index contributed by atoms with van der Waals surface area (Å²) >= 11 is 12.6. The summed E-state index contributed by atoms with van der Waals surface area (Å²) in [4.78, 5) is 29.1. The lowest BCUT2D eigenvalue weighted by Gasteiger charge is -2.37. The van der Waals surface area contributed by atoms with Gasteiger partial charge in [-0.1, -0.05) is 29.3 Å². The maximum atomic E-state index is 13.3. The normalized spacial score (nSPS) is 17.6. The molecule has 1 aromatic carbocycles. The van der Waals surface area contributed by atoms with Crippen LogP contribution in [0.25, 0.3) is 0 Å². The minimum absolute atomic E-state index is 0.0132. The zero-order valence-electron chi connectivity index (χ0n) is 17.3. The Kier molecular flexibility index (Phi) is 7.63. The molecule has 0 N–H and O–H groups in total. The Morgan fingerprint density at radius 3 is 2.39 bits per heavy atom. The number of likely N-dealkylation sites (tertiary alicyclic amines) is 1. The fourth-order valence-electron chi connectivity index (χ4n) is 3.27. The van der Waals surface area contributed by atoms with E-state index in [4.69, 9.17) is 27.9 Å². The number of halogens is 2. The van der Waals surface area contributed by atoms with Crippen molar-refractivity contribution in [1.82, 2.24) is 9.80 Å². The molecule has 0 aromatic heterocycles. The molecule has 1 unspecified atom stereocenters. The van der Waals surface area contributed by atoms with Crippen LogP contribution in [-0.2, 0) is 16.1 Å². The van der Waals surface area contributed by atoms with Gasteiger partial charge in [-0.05, 0) is 59.6 Å². The molecule has 5 nitrogen and oxygen atoms in total. The van der Waals surface area contributed by atoms with E-state index < -0.39 is 5.60 Å². The first-order chi connectivity index (χ1) is 13.0. The smallest absolute Gasteiger partial charge is 0.410 e. The van der Waals surface area contributed by atoms with Gasteiger partial charge in [0.25, 0.3) is 0 Å². The molecule has 2 amide bonds. The number of hydrogen-bond donors (Lipinski definition) is 0. The monoisotopic (exact) mass is 428 g/mol. The molecule has 28 heavy (non-hydrogen) atoms. The summed E-state index contributed by atoms with van der Waals surface area (Å²) in [5.74, 6) is -0.246. The molecule has 1 aliphatic heterocycles. The Labute approximate surface area is 177 Å². The van der Waals surface area contributed by atoms with Gasteiger partial charge in [0.05, 0.1) is 5.92 Å². The number of amides is 2. The van der Waals surface area contributed by atoms with Gasteiger partial charge in [0.15, 0.2) is 0 Å². The fourth-order valence-corrected chi connectivity index (χ4v) is 3.79. The number of carbonyl (C=O) groups excluding carboxylic acids is 2. The van der Waals surface area contributed by atoms with E-state index in [9.17, 15) is 9.59 Å². The van der Waals surface area contributed by atoms with Gasteiger partial charge in [-0.3, -0.25) is 4.79 Å². The molecule has 0 saturated carbocycles. The molecule has 7 heteroatoms. The van der Waals surface area contributed by atoms with Crippen LogP contribution in [-0.4, -0.2) is 46.5 Å². The second-order valence-corrected chi connectivity index (χ2v) is 9.34. The molecule has 2 rings (SSSR count). The van der Waals surface area contributed by atoms with Crippen molar-refractivity contribution in [2.24, 2.45) is 5.92 Å². The molecule has 1 aliphatic rings. The lowest BCUT2D eigenvalue weighted by molar-refractivity contribution is -0.139. The largest absolute Gasteiger partial charge is 0.444 e. The molecule has 1 fully saturated rings. The molecular weight excluding hydrogens is 399 g/mol. The topological polar surface area (TPSA) is 49.9 Å². The van der Waals surface area contributed by atoms with Crippen molar-refractivity contribution in [2.45, 2.75) is 65.6 Å². The molecule has 0 radical (unpaired) electrons. The summed E-state index contributed by atoms with van der Waals surface area (Å²) in [6.07, 6.45) is 1.15. The standard InChI is InChI=1S/C21H30Cl2N2O3/c1-14(2)25(13-16-17(22)9-6-10-18(16)23)19(26)15-8-7-11-24(12-15)20(27)28-21(3,4)5/h6,9-10,14-15H,7-8,11-13H2,1-5H3. The average molecular weight is 429 g/mol. The van der Waals surface area contributed by atoms with Gasteiger partial charge in [-0.2, -0.15) is 0 Å². The van der Waals surface area contributed by atoms with E-state index in [0.29, 0.717) is 29.7 Å². The molecular formula is C21H30Cl2N2O3. The molecule has 1 aromatic rings. The first kappa shape index (κ1) is 22.8. The number of ether oxygens (including phenoxy) is 1. The van der Waals surface area contributed by atoms with Gasteiger partial charge >= 0.3 is 6.09 Å². The summed E-state index contributed by atoms with van der Waals surface area (Å²) in [5, 5.41) is 1.09. The van der Waals surface area contributed by atoms with Gasteiger partial charge in [0.2, 0.25) is 5.91 Å². The number of carbonyl (C=O) groups is 2. The van der Waals surface area contributed by atoms with Crippen molar-refractivity contribution >= 4 is 35.2 Å². The van der Waals surface area contributed by atoms with Crippen molar-refractivity contribution in [3.05, 3.63) is 33.8 Å². The van der Waals surface area contributed by atoms with Crippen LogP contribution in [0.3, 0.4) is 0 Å². The zero-order valence-corrected chi connectivity index (χ0v) is 18.8. The van der Waals surface area contributed by atoms with E-state index in [1.54, 1.807) is 28.0 Å². The number of hydrogen-bond acceptors (Lipinski definition) is 3. The second-order valence-electron chi connectivity index (χ2n) is 8.53. The fraction of sp³-hybridized carbons (Fsp3) is 0.619. The molecule has 0 spiro atoms. The Morgan fingerprint density at radius 1 is 1.25 bits per heavy atom. The number of benzene rings is 1. The zero-order chi connectivity index (χ0) is 21.1. The Balaban J connectivity index is 2.13. The van der Waals surface area contributed by atoms with Crippen LogP contribution in [0, 0.1) is 5.92 Å². The third-order valence-electron chi connectivity index (χ3n) is 4.72. The highest BCUT2D eigenvalue weighted by Crippen LogP contribution is 2.28. The summed E-state index contributed by atoms with van der Waals surface area (Å²) in [6.45, 7) is 10.8. The molecule has 0 aliphatic carbocycles. The minimum atomic E-state index is -0.557. The van der Waals surface area contributed by atoms with E-state index in [2.05, 4.69) is 0 Å². The molecule has 0 bridgehead atoms. The highest BCUT2D eigenvalue weighted by molar-refractivity contribution is 6.36. The molecule has 1 atom stereocenters. The van der Waals surface area contributed by atoms with Gasteiger partial charge in [-0.15, -0.1) is 0 Å². The van der Waals surface area contributed by atoms with Crippen molar-refractivity contribution in [3.63, 3.8) is 0 Å². The number of piperidine rings is 1. The number of nitrogens with zero attached hydrogens (tertiary/aromatic N) is 2. The summed E-state index contributed by atoms with van der Waals surface area (Å²) < 4.78 is 5.47. The van der Waals surface area contributed by atoms with Gasteiger partial charge in [-0.25, -0.2) is 4.79 Å². The summed E-state index contributed by atoms with van der Waals surface area (Å²) in [7, 11) is 0. The van der Waals surface area contributed by atoms with Crippen LogP contribution < -0.4 is 0 Å². The highest BCUT2D eigenvalue weighted by Gasteiger charge is 2.34.